The maximum Gasteiger partial charge on any atom is 0.251 e. The lowest BCUT2D eigenvalue weighted by atomic mass is 10.1. The Hall–Kier alpha value is -3.20. The second kappa shape index (κ2) is 11.6. The zero-order valence-corrected chi connectivity index (χ0v) is 19.7. The van der Waals surface area contributed by atoms with Crippen LogP contribution in [-0.2, 0) is 11.3 Å². The molecular formula is C24H28ClN5O3. The van der Waals surface area contributed by atoms with Crippen LogP contribution in [0.15, 0.2) is 48.8 Å². The summed E-state index contributed by atoms with van der Waals surface area (Å²) in [5.41, 5.74) is 3.22. The molecule has 1 heterocycles. The van der Waals surface area contributed by atoms with Crippen LogP contribution >= 0.6 is 11.6 Å². The number of nitrogens with zero attached hydrogens (tertiary/aromatic N) is 3. The lowest BCUT2D eigenvalue weighted by molar-refractivity contribution is 0.0947. The van der Waals surface area contributed by atoms with E-state index < -0.39 is 0 Å². The van der Waals surface area contributed by atoms with Gasteiger partial charge in [0.1, 0.15) is 11.6 Å². The van der Waals surface area contributed by atoms with Crippen LogP contribution in [0, 0.1) is 0 Å². The van der Waals surface area contributed by atoms with E-state index >= 15 is 0 Å². The number of phenolic OH excluding ortho intramolecular Hbond substituents is 1. The number of ether oxygens (including phenoxy) is 1. The highest BCUT2D eigenvalue weighted by atomic mass is 35.5. The van der Waals surface area contributed by atoms with Gasteiger partial charge in [-0.2, -0.15) is 0 Å². The van der Waals surface area contributed by atoms with Crippen LogP contribution < -0.4 is 10.6 Å². The van der Waals surface area contributed by atoms with Crippen molar-refractivity contribution in [1.29, 1.82) is 0 Å². The first-order valence-electron chi connectivity index (χ1n) is 10.5. The molecule has 3 N–H and O–H groups in total. The molecule has 0 saturated carbocycles. The number of carbonyl (C=O) groups is 1. The maximum atomic E-state index is 12.7. The second-order valence-electron chi connectivity index (χ2n) is 7.80. The zero-order chi connectivity index (χ0) is 23.8. The number of halogens is 1. The number of hydrogen-bond donors (Lipinski definition) is 3. The summed E-state index contributed by atoms with van der Waals surface area (Å²) in [5, 5.41) is 16.0. The van der Waals surface area contributed by atoms with Crippen molar-refractivity contribution in [2.24, 2.45) is 0 Å². The number of aromatic hydroxyl groups is 1. The second-order valence-corrected chi connectivity index (χ2v) is 8.20. The van der Waals surface area contributed by atoms with E-state index in [9.17, 15) is 9.90 Å². The predicted octanol–water partition coefficient (Wildman–Crippen LogP) is 4.07. The Kier molecular flexibility index (Phi) is 8.59. The zero-order valence-electron chi connectivity index (χ0n) is 18.9. The Morgan fingerprint density at radius 2 is 1.94 bits per heavy atom. The molecule has 1 aromatic heterocycles. The van der Waals surface area contributed by atoms with E-state index in [-0.39, 0.29) is 18.3 Å². The first-order valence-corrected chi connectivity index (χ1v) is 10.9. The quantitative estimate of drug-likeness (QED) is 0.385. The number of methoxy groups -OCH3 is 1. The molecule has 174 valence electrons. The fourth-order valence-corrected chi connectivity index (χ4v) is 3.44. The molecule has 0 unspecified atom stereocenters. The lowest BCUT2D eigenvalue weighted by Crippen LogP contribution is -2.28. The summed E-state index contributed by atoms with van der Waals surface area (Å²) in [4.78, 5) is 23.6. The number of phenols is 1. The van der Waals surface area contributed by atoms with Crippen LogP contribution in [0.3, 0.4) is 0 Å². The topological polar surface area (TPSA) is 99.6 Å². The highest BCUT2D eigenvalue weighted by Gasteiger charge is 2.16. The van der Waals surface area contributed by atoms with Crippen molar-refractivity contribution < 1.29 is 14.6 Å². The molecule has 0 atom stereocenters. The lowest BCUT2D eigenvalue weighted by Gasteiger charge is -2.15. The molecule has 0 aliphatic carbocycles. The molecule has 3 aromatic rings. The molecule has 0 fully saturated rings. The van der Waals surface area contributed by atoms with E-state index in [1.807, 2.05) is 14.1 Å². The van der Waals surface area contributed by atoms with Gasteiger partial charge in [0.25, 0.3) is 5.91 Å². The van der Waals surface area contributed by atoms with Crippen molar-refractivity contribution >= 4 is 29.0 Å². The van der Waals surface area contributed by atoms with Crippen LogP contribution in [0.2, 0.25) is 5.02 Å². The van der Waals surface area contributed by atoms with Gasteiger partial charge in [-0.1, -0.05) is 11.6 Å². The minimum atomic E-state index is -0.191. The highest BCUT2D eigenvalue weighted by molar-refractivity contribution is 6.33. The van der Waals surface area contributed by atoms with Gasteiger partial charge in [-0.05, 0) is 69.0 Å². The van der Waals surface area contributed by atoms with E-state index in [2.05, 4.69) is 25.5 Å². The van der Waals surface area contributed by atoms with Gasteiger partial charge in [-0.3, -0.25) is 9.78 Å². The van der Waals surface area contributed by atoms with Crippen LogP contribution in [0.5, 0.6) is 5.75 Å². The number of hydrogen-bond acceptors (Lipinski definition) is 7. The molecule has 0 bridgehead atoms. The van der Waals surface area contributed by atoms with E-state index in [1.54, 1.807) is 55.9 Å². The predicted molar refractivity (Wildman–Crippen MR) is 130 cm³/mol. The van der Waals surface area contributed by atoms with Crippen molar-refractivity contribution in [3.8, 4) is 17.0 Å². The molecule has 0 aliphatic heterocycles. The van der Waals surface area contributed by atoms with Crippen LogP contribution in [0.25, 0.3) is 11.3 Å². The number of anilines is 2. The van der Waals surface area contributed by atoms with E-state index in [1.165, 1.54) is 0 Å². The summed E-state index contributed by atoms with van der Waals surface area (Å²) in [7, 11) is 5.57. The van der Waals surface area contributed by atoms with Crippen molar-refractivity contribution in [1.82, 2.24) is 20.2 Å². The van der Waals surface area contributed by atoms with Gasteiger partial charge in [0.2, 0.25) is 0 Å². The largest absolute Gasteiger partial charge is 0.508 e. The van der Waals surface area contributed by atoms with Crippen molar-refractivity contribution in [3.05, 3.63) is 64.9 Å². The van der Waals surface area contributed by atoms with Gasteiger partial charge in [-0.15, -0.1) is 0 Å². The third-order valence-corrected chi connectivity index (χ3v) is 5.18. The number of aromatic nitrogens is 2. The van der Waals surface area contributed by atoms with Crippen molar-refractivity contribution in [2.75, 3.05) is 39.6 Å². The molecule has 33 heavy (non-hydrogen) atoms. The summed E-state index contributed by atoms with van der Waals surface area (Å²) < 4.78 is 5.30. The van der Waals surface area contributed by atoms with Crippen molar-refractivity contribution in [3.63, 3.8) is 0 Å². The smallest absolute Gasteiger partial charge is 0.251 e. The van der Waals surface area contributed by atoms with Gasteiger partial charge < -0.3 is 25.4 Å². The Bertz CT molecular complexity index is 1090. The molecule has 8 nitrogen and oxygen atoms in total. The van der Waals surface area contributed by atoms with Gasteiger partial charge >= 0.3 is 0 Å². The summed E-state index contributed by atoms with van der Waals surface area (Å²) in [5.74, 6) is 0.482. The molecule has 3 rings (SSSR count). The van der Waals surface area contributed by atoms with Gasteiger partial charge in [-0.25, -0.2) is 4.98 Å². The molecule has 0 radical (unpaired) electrons. The average Bonchev–Trinajstić information content (AvgIpc) is 2.79. The molecule has 9 heteroatoms. The third kappa shape index (κ3) is 6.89. The standard InChI is InChI=1S/C24H28ClN5O3/c1-30(2)10-4-9-27-24(32)19-12-20(25)21(11-17(19)15-33-3)28-23-14-26-13-22(29-23)16-5-7-18(31)8-6-16/h5-8,11-14,31H,4,9-10,15H2,1-3H3,(H,27,32)(H,28,29). The fraction of sp³-hybridized carbons (Fsp3) is 0.292. The van der Waals surface area contributed by atoms with Crippen LogP contribution in [-0.4, -0.2) is 60.2 Å². The normalized spacial score (nSPS) is 10.9. The monoisotopic (exact) mass is 469 g/mol. The number of nitrogens with one attached hydrogen (secondary N) is 2. The summed E-state index contributed by atoms with van der Waals surface area (Å²) in [6.45, 7) is 1.71. The first-order chi connectivity index (χ1) is 15.9. The van der Waals surface area contributed by atoms with E-state index in [0.29, 0.717) is 39.9 Å². The molecule has 2 aromatic carbocycles. The Balaban J connectivity index is 1.80. The Morgan fingerprint density at radius 1 is 1.18 bits per heavy atom. The van der Waals surface area contributed by atoms with Gasteiger partial charge in [0, 0.05) is 24.8 Å². The van der Waals surface area contributed by atoms with Crippen LogP contribution in [0.4, 0.5) is 11.5 Å². The van der Waals surface area contributed by atoms with E-state index in [0.717, 1.165) is 18.5 Å². The minimum Gasteiger partial charge on any atom is -0.508 e. The molecular weight excluding hydrogens is 442 g/mol. The molecule has 1 amide bonds. The Labute approximate surface area is 198 Å². The summed E-state index contributed by atoms with van der Waals surface area (Å²) in [6.07, 6.45) is 4.07. The summed E-state index contributed by atoms with van der Waals surface area (Å²) >= 11 is 6.51. The number of rotatable bonds is 10. The van der Waals surface area contributed by atoms with Crippen LogP contribution in [0.1, 0.15) is 22.3 Å². The molecule has 0 spiro atoms. The fourth-order valence-electron chi connectivity index (χ4n) is 3.23. The first kappa shape index (κ1) is 24.4. The third-order valence-electron chi connectivity index (χ3n) is 4.87. The highest BCUT2D eigenvalue weighted by Crippen LogP contribution is 2.30. The number of carbonyl (C=O) groups excluding carboxylic acids is 1. The minimum absolute atomic E-state index is 0.181. The molecule has 0 saturated heterocycles. The van der Waals surface area contributed by atoms with Gasteiger partial charge in [0.15, 0.2) is 0 Å². The molecule has 0 aliphatic rings. The summed E-state index contributed by atoms with van der Waals surface area (Å²) in [6, 6.07) is 10.1. The van der Waals surface area contributed by atoms with Gasteiger partial charge in [0.05, 0.1) is 35.4 Å². The SMILES string of the molecule is COCc1cc(Nc2cncc(-c3ccc(O)cc3)n2)c(Cl)cc1C(=O)NCCCN(C)C. The van der Waals surface area contributed by atoms with E-state index in [4.69, 9.17) is 16.3 Å². The maximum absolute atomic E-state index is 12.7. The van der Waals surface area contributed by atoms with Crippen molar-refractivity contribution in [2.45, 2.75) is 13.0 Å². The Morgan fingerprint density at radius 3 is 2.64 bits per heavy atom. The average molecular weight is 470 g/mol. The number of benzene rings is 2. The number of amides is 1.